The number of carbonyl (C=O) groups excluding carboxylic acids is 1. The van der Waals surface area contributed by atoms with Gasteiger partial charge in [-0.25, -0.2) is 13.4 Å². The van der Waals surface area contributed by atoms with Gasteiger partial charge in [-0.3, -0.25) is 14.2 Å². The number of carbonyl (C=O) groups is 1. The van der Waals surface area contributed by atoms with Crippen molar-refractivity contribution in [2.24, 2.45) is 0 Å². The normalized spacial score (nSPS) is 11.6. The van der Waals surface area contributed by atoms with Crippen LogP contribution in [0.25, 0.3) is 21.3 Å². The van der Waals surface area contributed by atoms with E-state index < -0.39 is 15.7 Å². The van der Waals surface area contributed by atoms with Gasteiger partial charge in [-0.2, -0.15) is 0 Å². The van der Waals surface area contributed by atoms with Gasteiger partial charge in [-0.1, -0.05) is 18.2 Å². The Bertz CT molecular complexity index is 1500. The molecule has 164 valence electrons. The molecular formula is C23H21N3O4S2. The monoisotopic (exact) mass is 467 g/mol. The number of hydrogen-bond donors (Lipinski definition) is 1. The molecule has 0 spiro atoms. The number of aromatic nitrogens is 2. The van der Waals surface area contributed by atoms with Crippen LogP contribution in [0.2, 0.25) is 0 Å². The zero-order chi connectivity index (χ0) is 23.0. The summed E-state index contributed by atoms with van der Waals surface area (Å²) in [5.41, 5.74) is 4.20. The van der Waals surface area contributed by atoms with Crippen molar-refractivity contribution >= 4 is 43.0 Å². The molecular weight excluding hydrogens is 446 g/mol. The molecule has 9 heteroatoms. The Labute approximate surface area is 189 Å². The predicted octanol–water partition coefficient (Wildman–Crippen LogP) is 3.78. The summed E-state index contributed by atoms with van der Waals surface area (Å²) in [6.07, 6.45) is 2.49. The van der Waals surface area contributed by atoms with Gasteiger partial charge in [0.25, 0.3) is 5.56 Å². The fourth-order valence-electron chi connectivity index (χ4n) is 3.34. The van der Waals surface area contributed by atoms with Gasteiger partial charge in [0.15, 0.2) is 9.84 Å². The highest BCUT2D eigenvalue weighted by molar-refractivity contribution is 7.90. The van der Waals surface area contributed by atoms with E-state index in [2.05, 4.69) is 10.3 Å². The van der Waals surface area contributed by atoms with Crippen molar-refractivity contribution in [2.75, 3.05) is 11.6 Å². The first-order valence-corrected chi connectivity index (χ1v) is 12.5. The van der Waals surface area contributed by atoms with Crippen LogP contribution >= 0.6 is 11.3 Å². The second-order valence-corrected chi connectivity index (χ2v) is 10.5. The molecule has 1 N–H and O–H groups in total. The van der Waals surface area contributed by atoms with Gasteiger partial charge >= 0.3 is 0 Å². The van der Waals surface area contributed by atoms with Crippen molar-refractivity contribution < 1.29 is 13.2 Å². The highest BCUT2D eigenvalue weighted by Crippen LogP contribution is 2.31. The lowest BCUT2D eigenvalue weighted by Crippen LogP contribution is -2.27. The number of amides is 1. The highest BCUT2D eigenvalue weighted by Gasteiger charge is 2.15. The average molecular weight is 468 g/mol. The predicted molar refractivity (Wildman–Crippen MR) is 127 cm³/mol. The molecule has 4 aromatic rings. The average Bonchev–Trinajstić information content (AvgIpc) is 3.17. The largest absolute Gasteiger partial charge is 0.325 e. The number of hydrogen-bond acceptors (Lipinski definition) is 6. The number of aryl methyl sites for hydroxylation is 2. The lowest BCUT2D eigenvalue weighted by molar-refractivity contribution is -0.116. The lowest BCUT2D eigenvalue weighted by atomic mass is 10.0. The smallest absolute Gasteiger partial charge is 0.263 e. The molecule has 2 aromatic heterocycles. The van der Waals surface area contributed by atoms with Crippen LogP contribution in [0.4, 0.5) is 5.69 Å². The number of fused-ring (bicyclic) bond motifs is 1. The van der Waals surface area contributed by atoms with Crippen molar-refractivity contribution in [3.8, 4) is 11.1 Å². The number of nitrogens with one attached hydrogen (secondary N) is 1. The molecule has 2 heterocycles. The van der Waals surface area contributed by atoms with Gasteiger partial charge < -0.3 is 5.32 Å². The third-order valence-electron chi connectivity index (χ3n) is 5.26. The summed E-state index contributed by atoms with van der Waals surface area (Å²) in [6, 6.07) is 11.9. The number of thiophene rings is 1. The number of benzene rings is 2. The highest BCUT2D eigenvalue weighted by atomic mass is 32.2. The first kappa shape index (κ1) is 21.9. The summed E-state index contributed by atoms with van der Waals surface area (Å²) in [6.45, 7) is 3.85. The van der Waals surface area contributed by atoms with Crippen molar-refractivity contribution in [2.45, 2.75) is 25.3 Å². The van der Waals surface area contributed by atoms with Crippen LogP contribution in [0.1, 0.15) is 11.1 Å². The quantitative estimate of drug-likeness (QED) is 0.482. The van der Waals surface area contributed by atoms with Gasteiger partial charge in [-0.15, -0.1) is 11.3 Å². The van der Waals surface area contributed by atoms with Gasteiger partial charge in [0, 0.05) is 22.9 Å². The summed E-state index contributed by atoms with van der Waals surface area (Å²) in [5.74, 6) is -0.414. The molecule has 4 rings (SSSR count). The molecule has 1 amide bonds. The molecule has 0 aliphatic carbocycles. The summed E-state index contributed by atoms with van der Waals surface area (Å²) in [7, 11) is -3.32. The molecule has 0 aliphatic heterocycles. The number of anilines is 1. The zero-order valence-electron chi connectivity index (χ0n) is 17.7. The fourth-order valence-corrected chi connectivity index (χ4v) is 4.88. The Hall–Kier alpha value is -3.30. The van der Waals surface area contributed by atoms with Crippen molar-refractivity contribution in [1.29, 1.82) is 0 Å². The summed E-state index contributed by atoms with van der Waals surface area (Å²) in [5, 5.41) is 5.08. The second kappa shape index (κ2) is 8.33. The SMILES string of the molecule is Cc1ccc(-c2csc3ncn(CC(=O)Nc4ccc(S(C)(=O)=O)cc4)c(=O)c23)cc1C. The van der Waals surface area contributed by atoms with E-state index >= 15 is 0 Å². The van der Waals surface area contributed by atoms with Crippen LogP contribution in [0.3, 0.4) is 0 Å². The molecule has 0 unspecified atom stereocenters. The third-order valence-corrected chi connectivity index (χ3v) is 7.27. The van der Waals surface area contributed by atoms with E-state index in [0.29, 0.717) is 15.9 Å². The van der Waals surface area contributed by atoms with Crippen LogP contribution < -0.4 is 10.9 Å². The maximum atomic E-state index is 13.2. The molecule has 32 heavy (non-hydrogen) atoms. The molecule has 2 aromatic carbocycles. The van der Waals surface area contributed by atoms with Crippen molar-refractivity contribution in [3.63, 3.8) is 0 Å². The molecule has 0 fully saturated rings. The minimum atomic E-state index is -3.32. The number of nitrogens with zero attached hydrogens (tertiary/aromatic N) is 2. The van der Waals surface area contributed by atoms with Gasteiger partial charge in [-0.05, 0) is 54.8 Å². The Morgan fingerprint density at radius 2 is 1.81 bits per heavy atom. The van der Waals surface area contributed by atoms with E-state index in [1.807, 2.05) is 37.4 Å². The summed E-state index contributed by atoms with van der Waals surface area (Å²) < 4.78 is 24.4. The van der Waals surface area contributed by atoms with Crippen LogP contribution in [-0.2, 0) is 21.2 Å². The summed E-state index contributed by atoms with van der Waals surface area (Å²) in [4.78, 5) is 30.8. The van der Waals surface area contributed by atoms with E-state index in [0.717, 1.165) is 22.9 Å². The molecule has 7 nitrogen and oxygen atoms in total. The van der Waals surface area contributed by atoms with E-state index in [9.17, 15) is 18.0 Å². The Kier molecular flexibility index (Phi) is 5.70. The minimum absolute atomic E-state index is 0.165. The van der Waals surface area contributed by atoms with Gasteiger partial charge in [0.05, 0.1) is 16.6 Å². The van der Waals surface area contributed by atoms with Crippen molar-refractivity contribution in [1.82, 2.24) is 9.55 Å². The third kappa shape index (κ3) is 4.35. The zero-order valence-corrected chi connectivity index (χ0v) is 19.4. The van der Waals surface area contributed by atoms with Crippen LogP contribution in [0.15, 0.2) is 63.9 Å². The van der Waals surface area contributed by atoms with Gasteiger partial charge in [0.2, 0.25) is 5.91 Å². The molecule has 0 saturated carbocycles. The van der Waals surface area contributed by atoms with E-state index in [1.165, 1.54) is 52.1 Å². The molecule has 0 bridgehead atoms. The first-order valence-electron chi connectivity index (χ1n) is 9.78. The van der Waals surface area contributed by atoms with E-state index in [1.54, 1.807) is 0 Å². The van der Waals surface area contributed by atoms with E-state index in [-0.39, 0.29) is 17.0 Å². The maximum Gasteiger partial charge on any atom is 0.263 e. The fraction of sp³-hybridized carbons (Fsp3) is 0.174. The molecule has 0 radical (unpaired) electrons. The number of rotatable bonds is 5. The van der Waals surface area contributed by atoms with E-state index in [4.69, 9.17) is 0 Å². The Morgan fingerprint density at radius 1 is 1.09 bits per heavy atom. The molecule has 0 atom stereocenters. The topological polar surface area (TPSA) is 98.1 Å². The second-order valence-electron chi connectivity index (χ2n) is 7.65. The summed E-state index contributed by atoms with van der Waals surface area (Å²) >= 11 is 1.39. The van der Waals surface area contributed by atoms with Gasteiger partial charge in [0.1, 0.15) is 11.4 Å². The van der Waals surface area contributed by atoms with Crippen LogP contribution in [0.5, 0.6) is 0 Å². The molecule has 0 aliphatic rings. The standard InChI is InChI=1S/C23H21N3O4S2/c1-14-4-5-16(10-15(14)2)19-12-31-22-21(19)23(28)26(13-24-22)11-20(27)25-17-6-8-18(9-7-17)32(3,29)30/h4-10,12-13H,11H2,1-3H3,(H,25,27). The number of sulfone groups is 1. The van der Waals surface area contributed by atoms with Crippen LogP contribution in [-0.4, -0.2) is 30.1 Å². The molecule has 0 saturated heterocycles. The Balaban J connectivity index is 1.61. The lowest BCUT2D eigenvalue weighted by Gasteiger charge is -2.09. The first-order chi connectivity index (χ1) is 15.1. The Morgan fingerprint density at radius 3 is 2.47 bits per heavy atom. The maximum absolute atomic E-state index is 13.2. The van der Waals surface area contributed by atoms with Crippen molar-refractivity contribution in [3.05, 3.63) is 75.7 Å². The minimum Gasteiger partial charge on any atom is -0.325 e. The van der Waals surface area contributed by atoms with Crippen LogP contribution in [0, 0.1) is 13.8 Å².